The van der Waals surface area contributed by atoms with E-state index in [0.717, 1.165) is 19.5 Å². The normalized spacial score (nSPS) is 11.7. The van der Waals surface area contributed by atoms with Crippen LogP contribution in [-0.4, -0.2) is 33.5 Å². The van der Waals surface area contributed by atoms with Crippen LogP contribution < -0.4 is 11.3 Å². The van der Waals surface area contributed by atoms with Crippen LogP contribution in [0.5, 0.6) is 0 Å². The molecule has 0 spiro atoms. The monoisotopic (exact) mass is 358 g/mol. The lowest BCUT2D eigenvalue weighted by Crippen LogP contribution is -2.45. The van der Waals surface area contributed by atoms with Crippen LogP contribution in [0, 0.1) is 0 Å². The first-order chi connectivity index (χ1) is 10.3. The molecule has 128 valence electrons. The number of aromatic amines is 1. The van der Waals surface area contributed by atoms with E-state index >= 15 is 0 Å². The minimum atomic E-state index is -0.296. The highest BCUT2D eigenvalue weighted by atomic mass is 35.5. The molecule has 23 heavy (non-hydrogen) atoms. The standard InChI is InChI=1S/C16H23ClN4O.ClH/c1-4-7-21(10-16(2,3)18)9-14-19-13-8-11(17)5-6-12(13)15(22)20-14;/h5-6,8H,4,7,9-10,18H2,1-3H3,(H,19,20,22);1H. The highest BCUT2D eigenvalue weighted by Crippen LogP contribution is 2.15. The Bertz CT molecular complexity index is 709. The highest BCUT2D eigenvalue weighted by molar-refractivity contribution is 6.31. The number of rotatable bonds is 6. The van der Waals surface area contributed by atoms with Crippen molar-refractivity contribution in [2.75, 3.05) is 13.1 Å². The van der Waals surface area contributed by atoms with Crippen LogP contribution in [0.25, 0.3) is 10.9 Å². The summed E-state index contributed by atoms with van der Waals surface area (Å²) in [6.07, 6.45) is 1.01. The predicted molar refractivity (Wildman–Crippen MR) is 98.5 cm³/mol. The summed E-state index contributed by atoms with van der Waals surface area (Å²) in [5.41, 5.74) is 6.29. The van der Waals surface area contributed by atoms with E-state index in [-0.39, 0.29) is 23.5 Å². The van der Waals surface area contributed by atoms with Crippen molar-refractivity contribution in [1.82, 2.24) is 14.9 Å². The van der Waals surface area contributed by atoms with Crippen molar-refractivity contribution in [3.8, 4) is 0 Å². The molecule has 1 aromatic heterocycles. The Morgan fingerprint density at radius 1 is 1.39 bits per heavy atom. The molecule has 0 saturated carbocycles. The van der Waals surface area contributed by atoms with E-state index in [1.807, 2.05) is 13.8 Å². The summed E-state index contributed by atoms with van der Waals surface area (Å²) >= 11 is 5.99. The molecule has 0 bridgehead atoms. The van der Waals surface area contributed by atoms with Crippen LogP contribution in [0.1, 0.15) is 33.0 Å². The van der Waals surface area contributed by atoms with Crippen LogP contribution in [0.3, 0.4) is 0 Å². The molecule has 1 heterocycles. The molecular weight excluding hydrogens is 335 g/mol. The van der Waals surface area contributed by atoms with Crippen LogP contribution in [-0.2, 0) is 6.54 Å². The Kier molecular flexibility index (Phi) is 7.02. The molecule has 7 heteroatoms. The Labute approximate surface area is 147 Å². The molecule has 1 aromatic carbocycles. The molecule has 2 aromatic rings. The fraction of sp³-hybridized carbons (Fsp3) is 0.500. The third-order valence-electron chi connectivity index (χ3n) is 3.26. The summed E-state index contributed by atoms with van der Waals surface area (Å²) in [4.78, 5) is 21.7. The molecular formula is C16H24Cl2N4O. The SMILES string of the molecule is CCCN(Cc1nc2cc(Cl)ccc2c(=O)[nH]1)CC(C)(C)N.Cl. The molecule has 0 amide bonds. The van der Waals surface area contributed by atoms with Gasteiger partial charge in [0.15, 0.2) is 0 Å². The summed E-state index contributed by atoms with van der Waals surface area (Å²) in [7, 11) is 0. The summed E-state index contributed by atoms with van der Waals surface area (Å²) in [5, 5.41) is 1.12. The maximum absolute atomic E-state index is 12.2. The van der Waals surface area contributed by atoms with Gasteiger partial charge in [0, 0.05) is 17.1 Å². The van der Waals surface area contributed by atoms with E-state index in [4.69, 9.17) is 17.3 Å². The van der Waals surface area contributed by atoms with Gasteiger partial charge in [0.25, 0.3) is 5.56 Å². The van der Waals surface area contributed by atoms with Crippen molar-refractivity contribution < 1.29 is 0 Å². The van der Waals surface area contributed by atoms with Crippen molar-refractivity contribution in [3.05, 3.63) is 39.4 Å². The first-order valence-corrected chi connectivity index (χ1v) is 7.86. The lowest BCUT2D eigenvalue weighted by atomic mass is 10.1. The van der Waals surface area contributed by atoms with Gasteiger partial charge >= 0.3 is 0 Å². The van der Waals surface area contributed by atoms with Gasteiger partial charge < -0.3 is 10.7 Å². The fourth-order valence-electron chi connectivity index (χ4n) is 2.55. The number of fused-ring (bicyclic) bond motifs is 1. The van der Waals surface area contributed by atoms with E-state index < -0.39 is 0 Å². The summed E-state index contributed by atoms with van der Waals surface area (Å²) in [5.74, 6) is 0.637. The molecule has 0 fully saturated rings. The van der Waals surface area contributed by atoms with Gasteiger partial charge in [-0.2, -0.15) is 0 Å². The quantitative estimate of drug-likeness (QED) is 0.832. The Hall–Kier alpha value is -1.14. The number of benzene rings is 1. The van der Waals surface area contributed by atoms with E-state index in [1.165, 1.54) is 0 Å². The lowest BCUT2D eigenvalue weighted by Gasteiger charge is -2.29. The average Bonchev–Trinajstić information content (AvgIpc) is 2.36. The van der Waals surface area contributed by atoms with Crippen molar-refractivity contribution in [2.45, 2.75) is 39.3 Å². The zero-order valence-electron chi connectivity index (χ0n) is 13.7. The van der Waals surface area contributed by atoms with Crippen LogP contribution in [0.4, 0.5) is 0 Å². The van der Waals surface area contributed by atoms with Gasteiger partial charge in [-0.3, -0.25) is 9.69 Å². The first kappa shape index (κ1) is 19.9. The molecule has 0 aliphatic heterocycles. The van der Waals surface area contributed by atoms with Gasteiger partial charge in [0.1, 0.15) is 5.82 Å². The molecule has 0 radical (unpaired) electrons. The number of hydrogen-bond donors (Lipinski definition) is 2. The molecule has 0 aliphatic rings. The number of hydrogen-bond acceptors (Lipinski definition) is 4. The lowest BCUT2D eigenvalue weighted by molar-refractivity contribution is 0.213. The van der Waals surface area contributed by atoms with Crippen molar-refractivity contribution in [2.24, 2.45) is 5.73 Å². The van der Waals surface area contributed by atoms with E-state index in [9.17, 15) is 4.79 Å². The number of aromatic nitrogens is 2. The minimum absolute atomic E-state index is 0. The van der Waals surface area contributed by atoms with E-state index in [1.54, 1.807) is 18.2 Å². The molecule has 2 rings (SSSR count). The summed E-state index contributed by atoms with van der Waals surface area (Å²) < 4.78 is 0. The largest absolute Gasteiger partial charge is 0.324 e. The average molecular weight is 359 g/mol. The number of halogens is 2. The molecule has 0 aliphatic carbocycles. The second kappa shape index (κ2) is 8.11. The molecule has 3 N–H and O–H groups in total. The highest BCUT2D eigenvalue weighted by Gasteiger charge is 2.17. The third kappa shape index (κ3) is 5.77. The van der Waals surface area contributed by atoms with Gasteiger partial charge in [-0.1, -0.05) is 18.5 Å². The van der Waals surface area contributed by atoms with Crippen molar-refractivity contribution in [1.29, 1.82) is 0 Å². The van der Waals surface area contributed by atoms with Crippen molar-refractivity contribution in [3.63, 3.8) is 0 Å². The van der Waals surface area contributed by atoms with E-state index in [0.29, 0.717) is 28.3 Å². The zero-order chi connectivity index (χ0) is 16.3. The topological polar surface area (TPSA) is 75.0 Å². The molecule has 0 unspecified atom stereocenters. The third-order valence-corrected chi connectivity index (χ3v) is 3.50. The number of nitrogens with one attached hydrogen (secondary N) is 1. The van der Waals surface area contributed by atoms with Crippen molar-refractivity contribution >= 4 is 34.9 Å². The van der Waals surface area contributed by atoms with Gasteiger partial charge in [0.05, 0.1) is 17.4 Å². The predicted octanol–water partition coefficient (Wildman–Crippen LogP) is 2.95. The first-order valence-electron chi connectivity index (χ1n) is 7.48. The number of H-pyrrole nitrogens is 1. The molecule has 0 atom stereocenters. The maximum atomic E-state index is 12.2. The van der Waals surface area contributed by atoms with Crippen LogP contribution in [0.2, 0.25) is 5.02 Å². The van der Waals surface area contributed by atoms with Gasteiger partial charge in [-0.15, -0.1) is 12.4 Å². The van der Waals surface area contributed by atoms with Crippen LogP contribution in [0.15, 0.2) is 23.0 Å². The number of nitrogens with zero attached hydrogens (tertiary/aromatic N) is 2. The number of nitrogens with two attached hydrogens (primary N) is 1. The Balaban J connectivity index is 0.00000264. The van der Waals surface area contributed by atoms with Gasteiger partial charge in [0.2, 0.25) is 0 Å². The summed E-state index contributed by atoms with van der Waals surface area (Å²) in [6.45, 7) is 8.30. The second-order valence-electron chi connectivity index (χ2n) is 6.37. The molecule has 5 nitrogen and oxygen atoms in total. The summed E-state index contributed by atoms with van der Waals surface area (Å²) in [6, 6.07) is 5.10. The second-order valence-corrected chi connectivity index (χ2v) is 6.81. The Morgan fingerprint density at radius 3 is 2.70 bits per heavy atom. The zero-order valence-corrected chi connectivity index (χ0v) is 15.3. The molecule has 0 saturated heterocycles. The van der Waals surface area contributed by atoms with Gasteiger partial charge in [-0.25, -0.2) is 4.98 Å². The van der Waals surface area contributed by atoms with E-state index in [2.05, 4.69) is 21.8 Å². The Morgan fingerprint density at radius 2 is 2.09 bits per heavy atom. The maximum Gasteiger partial charge on any atom is 0.258 e. The fourth-order valence-corrected chi connectivity index (χ4v) is 2.72. The van der Waals surface area contributed by atoms with Gasteiger partial charge in [-0.05, 0) is 45.0 Å². The van der Waals surface area contributed by atoms with Crippen LogP contribution >= 0.6 is 24.0 Å². The smallest absolute Gasteiger partial charge is 0.258 e. The minimum Gasteiger partial charge on any atom is -0.324 e.